The zero-order valence-electron chi connectivity index (χ0n) is 10.7. The third-order valence-corrected chi connectivity index (χ3v) is 3.24. The highest BCUT2D eigenvalue weighted by molar-refractivity contribution is 9.10. The van der Waals surface area contributed by atoms with Crippen LogP contribution in [0.3, 0.4) is 0 Å². The van der Waals surface area contributed by atoms with Gasteiger partial charge in [-0.1, -0.05) is 39.7 Å². The van der Waals surface area contributed by atoms with Gasteiger partial charge in [0.2, 0.25) is 0 Å². The van der Waals surface area contributed by atoms with Crippen molar-refractivity contribution < 1.29 is 9.59 Å². The maximum absolute atomic E-state index is 11.9. The number of nitrogens with one attached hydrogen (secondary N) is 2. The van der Waals surface area contributed by atoms with Crippen molar-refractivity contribution in [1.29, 1.82) is 0 Å². The molecule has 0 aliphatic heterocycles. The molecule has 0 aromatic heterocycles. The van der Waals surface area contributed by atoms with Gasteiger partial charge in [-0.25, -0.2) is 4.79 Å². The summed E-state index contributed by atoms with van der Waals surface area (Å²) in [5.41, 5.74) is 6.34. The van der Waals surface area contributed by atoms with Crippen molar-refractivity contribution in [3.05, 3.63) is 57.5 Å². The number of nitrogens with two attached hydrogens (primary N) is 1. The highest BCUT2D eigenvalue weighted by Crippen LogP contribution is 2.23. The molecule has 0 aliphatic carbocycles. The lowest BCUT2D eigenvalue weighted by molar-refractivity contribution is 0.100. The minimum absolute atomic E-state index is 0.236. The first kappa shape index (κ1) is 15.3. The van der Waals surface area contributed by atoms with Gasteiger partial charge in [0.05, 0.1) is 11.3 Å². The number of para-hydroxylation sites is 1. The summed E-state index contributed by atoms with van der Waals surface area (Å²) >= 11 is 9.18. The van der Waals surface area contributed by atoms with E-state index in [1.54, 1.807) is 36.4 Å². The van der Waals surface area contributed by atoms with Gasteiger partial charge < -0.3 is 16.4 Å². The third-order valence-electron chi connectivity index (χ3n) is 2.56. The molecule has 0 spiro atoms. The van der Waals surface area contributed by atoms with Crippen molar-refractivity contribution >= 4 is 50.8 Å². The molecular formula is C14H11BrClN3O2. The summed E-state index contributed by atoms with van der Waals surface area (Å²) in [5.74, 6) is -0.614. The molecule has 108 valence electrons. The van der Waals surface area contributed by atoms with E-state index in [0.29, 0.717) is 16.4 Å². The van der Waals surface area contributed by atoms with Gasteiger partial charge in [-0.2, -0.15) is 0 Å². The number of urea groups is 1. The van der Waals surface area contributed by atoms with Crippen LogP contribution < -0.4 is 16.4 Å². The molecule has 4 N–H and O–H groups in total. The monoisotopic (exact) mass is 367 g/mol. The minimum atomic E-state index is -0.614. The Kier molecular flexibility index (Phi) is 4.82. The highest BCUT2D eigenvalue weighted by atomic mass is 79.9. The maximum atomic E-state index is 11.9. The number of amides is 3. The lowest BCUT2D eigenvalue weighted by atomic mass is 10.1. The van der Waals surface area contributed by atoms with Crippen LogP contribution >= 0.6 is 27.5 Å². The Morgan fingerprint density at radius 3 is 2.48 bits per heavy atom. The number of hydrogen-bond donors (Lipinski definition) is 3. The van der Waals surface area contributed by atoms with Gasteiger partial charge >= 0.3 is 6.03 Å². The van der Waals surface area contributed by atoms with Crippen molar-refractivity contribution in [3.8, 4) is 0 Å². The van der Waals surface area contributed by atoms with Gasteiger partial charge in [-0.15, -0.1) is 0 Å². The van der Waals surface area contributed by atoms with Crippen LogP contribution in [0.2, 0.25) is 5.02 Å². The molecule has 0 saturated carbocycles. The average Bonchev–Trinajstić information content (AvgIpc) is 2.37. The van der Waals surface area contributed by atoms with E-state index in [-0.39, 0.29) is 5.56 Å². The average molecular weight is 369 g/mol. The van der Waals surface area contributed by atoms with E-state index in [1.807, 2.05) is 0 Å². The molecule has 0 fully saturated rings. The van der Waals surface area contributed by atoms with E-state index < -0.39 is 11.9 Å². The van der Waals surface area contributed by atoms with Gasteiger partial charge in [0.25, 0.3) is 5.91 Å². The van der Waals surface area contributed by atoms with Gasteiger partial charge in [0.1, 0.15) is 0 Å². The van der Waals surface area contributed by atoms with E-state index in [0.717, 1.165) is 4.47 Å². The number of primary amides is 1. The smallest absolute Gasteiger partial charge is 0.323 e. The van der Waals surface area contributed by atoms with E-state index in [1.165, 1.54) is 6.07 Å². The van der Waals surface area contributed by atoms with Crippen LogP contribution in [0, 0.1) is 0 Å². The number of carbonyl (C=O) groups excluding carboxylic acids is 2. The SMILES string of the molecule is NC(=O)c1ccccc1NC(=O)Nc1cc(Cl)cc(Br)c1. The molecule has 0 bridgehead atoms. The van der Waals surface area contributed by atoms with E-state index in [4.69, 9.17) is 17.3 Å². The van der Waals surface area contributed by atoms with Crippen LogP contribution in [-0.4, -0.2) is 11.9 Å². The third kappa shape index (κ3) is 4.21. The van der Waals surface area contributed by atoms with Gasteiger partial charge in [-0.05, 0) is 30.3 Å². The Labute approximate surface area is 134 Å². The fourth-order valence-electron chi connectivity index (χ4n) is 1.72. The minimum Gasteiger partial charge on any atom is -0.366 e. The van der Waals surface area contributed by atoms with E-state index in [9.17, 15) is 9.59 Å². The molecule has 0 aliphatic rings. The number of halogens is 2. The van der Waals surface area contributed by atoms with Gasteiger partial charge in [0, 0.05) is 15.2 Å². The summed E-state index contributed by atoms with van der Waals surface area (Å²) in [6.45, 7) is 0. The highest BCUT2D eigenvalue weighted by Gasteiger charge is 2.10. The zero-order chi connectivity index (χ0) is 15.4. The lowest BCUT2D eigenvalue weighted by Gasteiger charge is -2.10. The first-order valence-corrected chi connectivity index (χ1v) is 7.06. The second-order valence-corrected chi connectivity index (χ2v) is 5.50. The standard InChI is InChI=1S/C14H11BrClN3O2/c15-8-5-9(16)7-10(6-8)18-14(21)19-12-4-2-1-3-11(12)13(17)20/h1-7H,(H2,17,20)(H2,18,19,21). The first-order chi connectivity index (χ1) is 9.95. The van der Waals surface area contributed by atoms with Crippen molar-refractivity contribution in [3.63, 3.8) is 0 Å². The largest absolute Gasteiger partial charge is 0.366 e. The molecule has 2 aromatic rings. The topological polar surface area (TPSA) is 84.2 Å². The number of hydrogen-bond acceptors (Lipinski definition) is 2. The second kappa shape index (κ2) is 6.60. The summed E-state index contributed by atoms with van der Waals surface area (Å²) in [4.78, 5) is 23.2. The van der Waals surface area contributed by atoms with Crippen molar-refractivity contribution in [1.82, 2.24) is 0 Å². The van der Waals surface area contributed by atoms with Crippen LogP contribution in [0.5, 0.6) is 0 Å². The first-order valence-electron chi connectivity index (χ1n) is 5.88. The lowest BCUT2D eigenvalue weighted by Crippen LogP contribution is -2.22. The molecule has 0 unspecified atom stereocenters. The van der Waals surface area contributed by atoms with Crippen molar-refractivity contribution in [2.75, 3.05) is 10.6 Å². The van der Waals surface area contributed by atoms with Crippen LogP contribution in [0.25, 0.3) is 0 Å². The van der Waals surface area contributed by atoms with E-state index >= 15 is 0 Å². The molecule has 0 atom stereocenters. The fourth-order valence-corrected chi connectivity index (χ4v) is 2.58. The van der Waals surface area contributed by atoms with Crippen LogP contribution in [0.1, 0.15) is 10.4 Å². The Hall–Kier alpha value is -2.05. The quantitative estimate of drug-likeness (QED) is 0.769. The molecule has 0 saturated heterocycles. The number of benzene rings is 2. The second-order valence-electron chi connectivity index (χ2n) is 4.15. The Morgan fingerprint density at radius 2 is 1.81 bits per heavy atom. The van der Waals surface area contributed by atoms with Crippen molar-refractivity contribution in [2.45, 2.75) is 0 Å². The Balaban J connectivity index is 2.14. The molecule has 21 heavy (non-hydrogen) atoms. The summed E-state index contributed by atoms with van der Waals surface area (Å²) < 4.78 is 0.739. The number of anilines is 2. The van der Waals surface area contributed by atoms with Crippen LogP contribution in [-0.2, 0) is 0 Å². The molecule has 3 amide bonds. The predicted molar refractivity (Wildman–Crippen MR) is 86.8 cm³/mol. The maximum Gasteiger partial charge on any atom is 0.323 e. The van der Waals surface area contributed by atoms with Crippen LogP contribution in [0.15, 0.2) is 46.9 Å². The summed E-state index contributed by atoms with van der Waals surface area (Å²) in [6, 6.07) is 11.0. The molecule has 5 nitrogen and oxygen atoms in total. The molecule has 2 rings (SSSR count). The van der Waals surface area contributed by atoms with Gasteiger partial charge in [0.15, 0.2) is 0 Å². The fraction of sp³-hybridized carbons (Fsp3) is 0. The summed E-state index contributed by atoms with van der Waals surface area (Å²) in [6.07, 6.45) is 0. The van der Waals surface area contributed by atoms with E-state index in [2.05, 4.69) is 26.6 Å². The van der Waals surface area contributed by atoms with Gasteiger partial charge in [-0.3, -0.25) is 4.79 Å². The normalized spacial score (nSPS) is 10.0. The molecule has 2 aromatic carbocycles. The molecular weight excluding hydrogens is 358 g/mol. The Bertz CT molecular complexity index is 686. The number of carbonyl (C=O) groups is 2. The molecule has 0 heterocycles. The Morgan fingerprint density at radius 1 is 1.10 bits per heavy atom. The summed E-state index contributed by atoms with van der Waals surface area (Å²) in [7, 11) is 0. The van der Waals surface area contributed by atoms with Crippen molar-refractivity contribution in [2.24, 2.45) is 5.73 Å². The zero-order valence-corrected chi connectivity index (χ0v) is 13.0. The predicted octanol–water partition coefficient (Wildman–Crippen LogP) is 3.85. The number of rotatable bonds is 3. The molecule has 0 radical (unpaired) electrons. The summed E-state index contributed by atoms with van der Waals surface area (Å²) in [5, 5.41) is 5.68. The van der Waals surface area contributed by atoms with Crippen LogP contribution in [0.4, 0.5) is 16.2 Å². The molecule has 7 heteroatoms.